The van der Waals surface area contributed by atoms with Crippen molar-refractivity contribution in [1.29, 1.82) is 0 Å². The number of hydrogen-bond donors (Lipinski definition) is 7. The first kappa shape index (κ1) is 63.6. The minimum absolute atomic E-state index is 0.0182. The summed E-state index contributed by atoms with van der Waals surface area (Å²) in [6.45, 7) is 4.26. The Morgan fingerprint density at radius 3 is 2.40 bits per heavy atom. The summed E-state index contributed by atoms with van der Waals surface area (Å²) in [5.41, 5.74) is 5.03. The summed E-state index contributed by atoms with van der Waals surface area (Å²) in [7, 11) is 3.62. The second-order valence-electron chi connectivity index (χ2n) is 33.5. The largest absolute Gasteiger partial charge is 0.508 e. The van der Waals surface area contributed by atoms with Crippen molar-refractivity contribution in [3.63, 3.8) is 0 Å². The lowest BCUT2D eigenvalue weighted by atomic mass is 9.50. The summed E-state index contributed by atoms with van der Waals surface area (Å²) in [5, 5.41) is 71.7. The van der Waals surface area contributed by atoms with Gasteiger partial charge < -0.3 is 58.7 Å². The molecule has 0 radical (unpaired) electrons. The third kappa shape index (κ3) is 9.30. The van der Waals surface area contributed by atoms with Crippen LogP contribution in [0, 0.1) is 99.1 Å². The number of aromatic hydroxyl groups is 3. The lowest BCUT2D eigenvalue weighted by Gasteiger charge is -2.66. The van der Waals surface area contributed by atoms with Crippen LogP contribution in [-0.2, 0) is 27.1 Å². The Kier molecular flexibility index (Phi) is 15.4. The Hall–Kier alpha value is -6.28. The van der Waals surface area contributed by atoms with Crippen molar-refractivity contribution in [2.24, 2.45) is 87.3 Å². The van der Waals surface area contributed by atoms with Gasteiger partial charge >= 0.3 is 0 Å². The van der Waals surface area contributed by atoms with E-state index in [4.69, 9.17) is 38.5 Å². The van der Waals surface area contributed by atoms with Crippen molar-refractivity contribution in [2.75, 3.05) is 47.2 Å². The zero-order chi connectivity index (χ0) is 66.9. The molecule has 4 heterocycles. The molecule has 8 saturated carbocycles. The third-order valence-corrected chi connectivity index (χ3v) is 29.6. The van der Waals surface area contributed by atoms with Gasteiger partial charge in [-0.2, -0.15) is 0 Å². The molecule has 20 rings (SSSR count). The van der Waals surface area contributed by atoms with Gasteiger partial charge in [0.2, 0.25) is 0 Å². The van der Waals surface area contributed by atoms with Crippen LogP contribution in [0.3, 0.4) is 0 Å². The van der Waals surface area contributed by atoms with E-state index >= 15 is 0 Å². The number of hydrogen-bond acceptors (Lipinski definition) is 14. The second-order valence-corrected chi connectivity index (χ2v) is 33.5. The Balaban J connectivity index is 0.770. The highest BCUT2D eigenvalue weighted by atomic mass is 16.5. The van der Waals surface area contributed by atoms with Crippen LogP contribution in [-0.4, -0.2) is 108 Å². The predicted molar refractivity (Wildman–Crippen MR) is 377 cm³/mol. The van der Waals surface area contributed by atoms with Crippen LogP contribution in [0.4, 0.5) is 0 Å². The molecule has 5 aromatic rings. The van der Waals surface area contributed by atoms with Crippen molar-refractivity contribution in [2.45, 2.75) is 183 Å². The molecular formula is C85H100N2O12. The Labute approximate surface area is 582 Å². The number of rotatable bonds is 14. The van der Waals surface area contributed by atoms with Crippen LogP contribution in [0.5, 0.6) is 40.2 Å². The number of phenols is 3. The molecule has 0 aromatic heterocycles. The number of phenolic OH excluding ortho intramolecular Hbond substituents is 3. The number of aryl methyl sites for hydroxylation is 1. The van der Waals surface area contributed by atoms with Crippen LogP contribution >= 0.6 is 0 Å². The lowest BCUT2D eigenvalue weighted by Crippen LogP contribution is -2.83. The lowest BCUT2D eigenvalue weighted by molar-refractivity contribution is -0.212. The fourth-order valence-corrected chi connectivity index (χ4v) is 26.2. The monoisotopic (exact) mass is 1340 g/mol. The average molecular weight is 1340 g/mol. The Morgan fingerprint density at radius 2 is 1.58 bits per heavy atom. The molecule has 99 heavy (non-hydrogen) atoms. The number of nitrogens with one attached hydrogen (secondary N) is 2. The first-order valence-corrected chi connectivity index (χ1v) is 38.4. The molecule has 14 nitrogen and oxygen atoms in total. The van der Waals surface area contributed by atoms with Crippen LogP contribution in [0.15, 0.2) is 97.1 Å². The molecule has 4 aliphatic heterocycles. The average Bonchev–Trinajstić information content (AvgIpc) is 1.45. The van der Waals surface area contributed by atoms with E-state index in [1.165, 1.54) is 57.8 Å². The van der Waals surface area contributed by atoms with Gasteiger partial charge in [-0.15, -0.1) is 0 Å². The topological polar surface area (TPSA) is 190 Å². The van der Waals surface area contributed by atoms with E-state index in [1.807, 2.05) is 50.4 Å². The van der Waals surface area contributed by atoms with Gasteiger partial charge in [0, 0.05) is 97.5 Å². The molecule has 15 aliphatic rings. The first-order chi connectivity index (χ1) is 48.3. The van der Waals surface area contributed by atoms with E-state index in [0.29, 0.717) is 114 Å². The maximum atomic E-state index is 14.0. The Bertz CT molecular complexity index is 4140. The molecule has 9 fully saturated rings. The quantitative estimate of drug-likeness (QED) is 0.0316. The SMILES string of the molecule is CCc1cc(-c2cccc(O)c2)c(Cc2cc(OC3CCCC3)cc3c2OC[C@H]([C@@H]2[C@H](CCCOC)Oc4c5cc(c6cc(O)ccc46)OCC#C[C@@H]4CN[C@]6(CC7(CCCC7)[C@]78CC[C@]9%10CC[C@H]%11[C@H](CCOC)C[C@@H]([C@H](C=C[C@H]97)[C@@H]68)[C@H]%11%10)N[C@]46[C@H](O[C@@H]52)[C@@H]2C=C[C@H]6C[C@@H]2O)[C@@H]3O)cc1O. The Morgan fingerprint density at radius 1 is 0.727 bits per heavy atom. The minimum Gasteiger partial charge on any atom is -0.508 e. The molecular weight excluding hydrogens is 1240 g/mol. The molecule has 0 amide bonds. The molecule has 21 atom stereocenters. The molecule has 1 saturated heterocycles. The van der Waals surface area contributed by atoms with Gasteiger partial charge in [0.25, 0.3) is 0 Å². The number of benzene rings is 5. The molecule has 11 aliphatic carbocycles. The number of ether oxygens (including phenoxy) is 7. The number of aliphatic hydroxyl groups excluding tert-OH is 2. The summed E-state index contributed by atoms with van der Waals surface area (Å²) >= 11 is 0. The van der Waals surface area contributed by atoms with Crippen molar-refractivity contribution in [3.05, 3.63) is 125 Å². The molecule has 5 spiro atoms. The highest BCUT2D eigenvalue weighted by Crippen LogP contribution is 2.86. The normalized spacial score (nSPS) is 39.5. The second kappa shape index (κ2) is 23.9. The molecule has 8 bridgehead atoms. The van der Waals surface area contributed by atoms with E-state index in [1.54, 1.807) is 31.4 Å². The van der Waals surface area contributed by atoms with Crippen molar-refractivity contribution in [1.82, 2.24) is 10.6 Å². The van der Waals surface area contributed by atoms with Gasteiger partial charge in [-0.25, -0.2) is 0 Å². The number of methoxy groups -OCH3 is 2. The van der Waals surface area contributed by atoms with Gasteiger partial charge in [0.1, 0.15) is 53.0 Å². The summed E-state index contributed by atoms with van der Waals surface area (Å²) in [4.78, 5) is 0. The zero-order valence-corrected chi connectivity index (χ0v) is 57.9. The van der Waals surface area contributed by atoms with Gasteiger partial charge in [-0.05, 0) is 244 Å². The van der Waals surface area contributed by atoms with E-state index in [-0.39, 0.29) is 59.2 Å². The summed E-state index contributed by atoms with van der Waals surface area (Å²) < 4.78 is 49.4. The zero-order valence-electron chi connectivity index (χ0n) is 57.9. The maximum absolute atomic E-state index is 14.0. The predicted octanol–water partition coefficient (Wildman–Crippen LogP) is 14.1. The summed E-state index contributed by atoms with van der Waals surface area (Å²) in [5.74, 6) is 12.7. The fraction of sp³-hybridized carbons (Fsp3) is 0.600. The number of aliphatic hydroxyl groups is 2. The minimum atomic E-state index is -1.10. The van der Waals surface area contributed by atoms with Crippen molar-refractivity contribution < 1.29 is 58.7 Å². The maximum Gasteiger partial charge on any atom is 0.149 e. The molecule has 5 aromatic carbocycles. The van der Waals surface area contributed by atoms with Crippen molar-refractivity contribution in [3.8, 4) is 63.2 Å². The van der Waals surface area contributed by atoms with E-state index in [2.05, 4.69) is 53.6 Å². The summed E-state index contributed by atoms with van der Waals surface area (Å²) in [6, 6.07) is 22.7. The molecule has 14 heteroatoms. The number of fused-ring (bicyclic) bond motifs is 7. The van der Waals surface area contributed by atoms with Crippen LogP contribution in [0.1, 0.15) is 163 Å². The van der Waals surface area contributed by atoms with Crippen molar-refractivity contribution >= 4 is 10.8 Å². The van der Waals surface area contributed by atoms with E-state index in [9.17, 15) is 25.5 Å². The van der Waals surface area contributed by atoms with Gasteiger partial charge in [0.15, 0.2) is 0 Å². The highest BCUT2D eigenvalue weighted by molar-refractivity contribution is 5.96. The summed E-state index contributed by atoms with van der Waals surface area (Å²) in [6.07, 6.45) is 27.5. The highest BCUT2D eigenvalue weighted by Gasteiger charge is 2.84. The smallest absolute Gasteiger partial charge is 0.149 e. The fourth-order valence-electron chi connectivity index (χ4n) is 26.2. The van der Waals surface area contributed by atoms with Crippen LogP contribution in [0.2, 0.25) is 0 Å². The van der Waals surface area contributed by atoms with Gasteiger partial charge in [-0.3, -0.25) is 10.6 Å². The van der Waals surface area contributed by atoms with Crippen LogP contribution < -0.4 is 29.6 Å². The van der Waals surface area contributed by atoms with E-state index in [0.717, 1.165) is 95.7 Å². The third-order valence-electron chi connectivity index (χ3n) is 29.6. The number of allylic oxidation sites excluding steroid dienone is 2. The van der Waals surface area contributed by atoms with E-state index < -0.39 is 59.5 Å². The molecule has 0 unspecified atom stereocenters. The molecule has 522 valence electrons. The van der Waals surface area contributed by atoms with Gasteiger partial charge in [-0.1, -0.05) is 68.0 Å². The standard InChI is InChI=1S/C85H100N2O12/c1-4-47-37-62(48-12-9-14-54(88)35-48)50(39-68(47)90)34-51-36-57(97-56-15-5-6-16-56)42-65-75(92)67(45-96-76(51)65)73-70(17-11-31-93-2)98-77-59-21-19-55(89)41-63(59)71-43-66(77)78(73)99-80-61-20-18-52(40-69(61)91)85(80)53(13-10-32-95-71)44-86-84(87-85)46-81(26-7-8-27-81)83-30-29-82-28-24-58-49(25-33-94-3)38-64(74(58)82)60(79(83)84)22-23-72(82)83/h9,12,14,18-23,35-37,39,41-43,49,52-53,56,58,60-61,64,67,69-70,72-75,78-80,86-92H,4-8,11,15-17,24-34,38,40,44-46H2,1-3H3/t49-,52+,53-,58+,60+,61-,64+,67-,69+,70+,72-,73-,74+,75-,78+,79-,80-,82-,83-,84-,85+/m1/s1. The molecule has 7 N–H and O–H groups in total. The van der Waals surface area contributed by atoms with Crippen LogP contribution in [0.25, 0.3) is 21.9 Å². The first-order valence-electron chi connectivity index (χ1n) is 38.4. The van der Waals surface area contributed by atoms with Gasteiger partial charge in [0.05, 0.1) is 54.2 Å².